The number of hydrogen-bond acceptors (Lipinski definition) is 2. The van der Waals surface area contributed by atoms with Gasteiger partial charge in [-0.05, 0) is 36.4 Å². The van der Waals surface area contributed by atoms with Crippen molar-refractivity contribution >= 4 is 17.7 Å². The van der Waals surface area contributed by atoms with E-state index in [1.54, 1.807) is 37.4 Å². The minimum atomic E-state index is -4.41. The molecular weight excluding hydrogens is 267 g/mol. The van der Waals surface area contributed by atoms with Crippen LogP contribution in [-0.4, -0.2) is 13.3 Å². The van der Waals surface area contributed by atoms with E-state index in [9.17, 15) is 18.0 Å². The number of alkyl halides is 3. The summed E-state index contributed by atoms with van der Waals surface area (Å²) >= 11 is 0. The van der Waals surface area contributed by atoms with E-state index < -0.39 is 11.7 Å². The average molecular weight is 279 g/mol. The smallest absolute Gasteiger partial charge is 0.344 e. The van der Waals surface area contributed by atoms with Crippen LogP contribution in [0.2, 0.25) is 0 Å². The zero-order valence-corrected chi connectivity index (χ0v) is 10.7. The van der Waals surface area contributed by atoms with Crippen LogP contribution in [0.3, 0.4) is 0 Å². The van der Waals surface area contributed by atoms with E-state index in [4.69, 9.17) is 0 Å². The number of nitrogens with zero attached hydrogens (tertiary/aromatic N) is 1. The third-order valence-corrected chi connectivity index (χ3v) is 2.99. The van der Waals surface area contributed by atoms with Crippen LogP contribution in [0.1, 0.15) is 15.9 Å². The molecule has 2 nitrogen and oxygen atoms in total. The van der Waals surface area contributed by atoms with Gasteiger partial charge >= 0.3 is 6.18 Å². The Balaban J connectivity index is 2.42. The maximum atomic E-state index is 13.0. The molecule has 0 radical (unpaired) electrons. The number of carbonyl (C=O) groups is 1. The molecule has 0 N–H and O–H groups in total. The SMILES string of the molecule is CN(c1ccc(C=O)cc1)c1ccccc1C(F)(F)F. The fourth-order valence-electron chi connectivity index (χ4n) is 1.92. The average Bonchev–Trinajstić information content (AvgIpc) is 2.46. The van der Waals surface area contributed by atoms with E-state index in [2.05, 4.69) is 0 Å². The molecule has 5 heteroatoms. The topological polar surface area (TPSA) is 20.3 Å². The lowest BCUT2D eigenvalue weighted by Gasteiger charge is -2.23. The minimum Gasteiger partial charge on any atom is -0.344 e. The molecule has 20 heavy (non-hydrogen) atoms. The molecule has 104 valence electrons. The molecule has 0 atom stereocenters. The van der Waals surface area contributed by atoms with Crippen molar-refractivity contribution in [2.75, 3.05) is 11.9 Å². The van der Waals surface area contributed by atoms with Crippen LogP contribution in [0.5, 0.6) is 0 Å². The lowest BCUT2D eigenvalue weighted by Crippen LogP contribution is -2.16. The molecule has 0 saturated carbocycles. The summed E-state index contributed by atoms with van der Waals surface area (Å²) in [6, 6.07) is 11.7. The van der Waals surface area contributed by atoms with Crippen molar-refractivity contribution in [3.05, 3.63) is 59.7 Å². The van der Waals surface area contributed by atoms with E-state index in [0.717, 1.165) is 6.07 Å². The van der Waals surface area contributed by atoms with Gasteiger partial charge in [-0.25, -0.2) is 0 Å². The summed E-state index contributed by atoms with van der Waals surface area (Å²) in [4.78, 5) is 12.0. The second-order valence-electron chi connectivity index (χ2n) is 4.28. The summed E-state index contributed by atoms with van der Waals surface area (Å²) in [5.74, 6) is 0. The van der Waals surface area contributed by atoms with Crippen LogP contribution in [0.15, 0.2) is 48.5 Å². The highest BCUT2D eigenvalue weighted by molar-refractivity contribution is 5.76. The second-order valence-corrected chi connectivity index (χ2v) is 4.28. The van der Waals surface area contributed by atoms with Crippen molar-refractivity contribution < 1.29 is 18.0 Å². The summed E-state index contributed by atoms with van der Waals surface area (Å²) < 4.78 is 38.9. The molecule has 0 amide bonds. The van der Waals surface area contributed by atoms with Crippen molar-refractivity contribution in [3.63, 3.8) is 0 Å². The first-order valence-electron chi connectivity index (χ1n) is 5.88. The monoisotopic (exact) mass is 279 g/mol. The number of halogens is 3. The summed E-state index contributed by atoms with van der Waals surface area (Å²) in [5, 5.41) is 0. The number of carbonyl (C=O) groups excluding carboxylic acids is 1. The third-order valence-electron chi connectivity index (χ3n) is 2.99. The molecule has 2 rings (SSSR count). The van der Waals surface area contributed by atoms with Gasteiger partial charge in [-0.3, -0.25) is 4.79 Å². The molecule has 0 aliphatic heterocycles. The van der Waals surface area contributed by atoms with Gasteiger partial charge in [-0.15, -0.1) is 0 Å². The quantitative estimate of drug-likeness (QED) is 0.781. The predicted molar refractivity (Wildman–Crippen MR) is 71.3 cm³/mol. The van der Waals surface area contributed by atoms with Crippen LogP contribution < -0.4 is 4.90 Å². The van der Waals surface area contributed by atoms with E-state index in [1.807, 2.05) is 0 Å². The highest BCUT2D eigenvalue weighted by Crippen LogP contribution is 2.38. The zero-order chi connectivity index (χ0) is 14.8. The number of aldehydes is 1. The van der Waals surface area contributed by atoms with E-state index in [-0.39, 0.29) is 5.69 Å². The lowest BCUT2D eigenvalue weighted by atomic mass is 10.1. The van der Waals surface area contributed by atoms with Gasteiger partial charge in [-0.1, -0.05) is 12.1 Å². The molecular formula is C15H12F3NO. The molecule has 0 bridgehead atoms. The number of rotatable bonds is 3. The molecule has 0 fully saturated rings. The van der Waals surface area contributed by atoms with Gasteiger partial charge in [0.05, 0.1) is 11.3 Å². The second kappa shape index (κ2) is 5.36. The Kier molecular flexibility index (Phi) is 3.79. The van der Waals surface area contributed by atoms with Crippen molar-refractivity contribution in [2.24, 2.45) is 0 Å². The summed E-state index contributed by atoms with van der Waals surface area (Å²) in [7, 11) is 1.56. The first-order chi connectivity index (χ1) is 9.43. The number of hydrogen-bond donors (Lipinski definition) is 0. The maximum Gasteiger partial charge on any atom is 0.418 e. The van der Waals surface area contributed by atoms with Crippen molar-refractivity contribution in [1.82, 2.24) is 0 Å². The third kappa shape index (κ3) is 2.82. The summed E-state index contributed by atoms with van der Waals surface area (Å²) in [6.45, 7) is 0. The van der Waals surface area contributed by atoms with Crippen LogP contribution >= 0.6 is 0 Å². The fourth-order valence-corrected chi connectivity index (χ4v) is 1.92. The zero-order valence-electron chi connectivity index (χ0n) is 10.7. The first-order valence-corrected chi connectivity index (χ1v) is 5.88. The number of para-hydroxylation sites is 1. The molecule has 0 saturated heterocycles. The van der Waals surface area contributed by atoms with Gasteiger partial charge in [0.15, 0.2) is 0 Å². The van der Waals surface area contributed by atoms with Crippen LogP contribution in [0.25, 0.3) is 0 Å². The van der Waals surface area contributed by atoms with Crippen molar-refractivity contribution in [1.29, 1.82) is 0 Å². The Labute approximate surface area is 114 Å². The highest BCUT2D eigenvalue weighted by Gasteiger charge is 2.34. The fraction of sp³-hybridized carbons (Fsp3) is 0.133. The van der Waals surface area contributed by atoms with Gasteiger partial charge in [0.25, 0.3) is 0 Å². The lowest BCUT2D eigenvalue weighted by molar-refractivity contribution is -0.137. The maximum absolute atomic E-state index is 13.0. The summed E-state index contributed by atoms with van der Waals surface area (Å²) in [5.41, 5.74) is 0.430. The largest absolute Gasteiger partial charge is 0.418 e. The van der Waals surface area contributed by atoms with Gasteiger partial charge in [0.1, 0.15) is 6.29 Å². The molecule has 2 aromatic carbocycles. The Bertz CT molecular complexity index is 605. The van der Waals surface area contributed by atoms with Crippen LogP contribution in [-0.2, 0) is 6.18 Å². The van der Waals surface area contributed by atoms with E-state index >= 15 is 0 Å². The van der Waals surface area contributed by atoms with Gasteiger partial charge < -0.3 is 4.90 Å². The predicted octanol–water partition coefficient (Wildman–Crippen LogP) is 4.29. The van der Waals surface area contributed by atoms with Gasteiger partial charge in [0, 0.05) is 18.3 Å². The van der Waals surface area contributed by atoms with Gasteiger partial charge in [0.2, 0.25) is 0 Å². The normalized spacial score (nSPS) is 11.2. The summed E-state index contributed by atoms with van der Waals surface area (Å²) in [6.07, 6.45) is -3.72. The number of benzene rings is 2. The standard InChI is InChI=1S/C15H12F3NO/c1-19(12-8-6-11(10-20)7-9-12)14-5-3-2-4-13(14)15(16,17)18/h2-10H,1H3. The number of anilines is 2. The first kappa shape index (κ1) is 14.1. The molecule has 0 heterocycles. The van der Waals surface area contributed by atoms with E-state index in [0.29, 0.717) is 17.5 Å². The highest BCUT2D eigenvalue weighted by atomic mass is 19.4. The molecule has 0 unspecified atom stereocenters. The minimum absolute atomic E-state index is 0.0684. The Hall–Kier alpha value is -2.30. The Morgan fingerprint density at radius 2 is 1.60 bits per heavy atom. The molecule has 0 aromatic heterocycles. The van der Waals surface area contributed by atoms with Crippen molar-refractivity contribution in [2.45, 2.75) is 6.18 Å². The molecule has 0 aliphatic carbocycles. The van der Waals surface area contributed by atoms with Gasteiger partial charge in [-0.2, -0.15) is 13.2 Å². The Morgan fingerprint density at radius 3 is 2.15 bits per heavy atom. The molecule has 2 aromatic rings. The Morgan fingerprint density at radius 1 is 1.00 bits per heavy atom. The molecule has 0 spiro atoms. The van der Waals surface area contributed by atoms with Crippen LogP contribution in [0.4, 0.5) is 24.5 Å². The molecule has 0 aliphatic rings. The van der Waals surface area contributed by atoms with Crippen molar-refractivity contribution in [3.8, 4) is 0 Å². The van der Waals surface area contributed by atoms with E-state index in [1.165, 1.54) is 17.0 Å². The van der Waals surface area contributed by atoms with Crippen LogP contribution in [0, 0.1) is 0 Å².